The third-order valence-corrected chi connectivity index (χ3v) is 2.41. The molecule has 13 heavy (non-hydrogen) atoms. The van der Waals surface area contributed by atoms with Crippen molar-refractivity contribution in [1.29, 1.82) is 0 Å². The summed E-state index contributed by atoms with van der Waals surface area (Å²) in [7, 11) is 0. The minimum atomic E-state index is 0.181. The van der Waals surface area contributed by atoms with Crippen LogP contribution >= 0.6 is 11.6 Å². The van der Waals surface area contributed by atoms with Crippen molar-refractivity contribution < 1.29 is 5.11 Å². The van der Waals surface area contributed by atoms with Crippen molar-refractivity contribution in [3.8, 4) is 0 Å². The molecule has 0 radical (unpaired) electrons. The Balaban J connectivity index is 2.50. The number of fused-ring (bicyclic) bond motifs is 1. The van der Waals surface area contributed by atoms with Crippen LogP contribution in [0.15, 0.2) is 24.4 Å². The lowest BCUT2D eigenvalue weighted by Gasteiger charge is -1.97. The molecule has 2 aromatic rings. The van der Waals surface area contributed by atoms with Crippen molar-refractivity contribution in [3.05, 3.63) is 35.0 Å². The molecule has 0 saturated heterocycles. The van der Waals surface area contributed by atoms with Gasteiger partial charge in [0.2, 0.25) is 0 Å². The number of aliphatic hydroxyl groups is 1. The minimum absolute atomic E-state index is 0.181. The van der Waals surface area contributed by atoms with Gasteiger partial charge in [0.15, 0.2) is 0 Å². The van der Waals surface area contributed by atoms with Crippen LogP contribution in [0.3, 0.4) is 0 Å². The topological polar surface area (TPSA) is 36.0 Å². The monoisotopic (exact) mass is 195 g/mol. The maximum Gasteiger partial charge on any atom is 0.0659 e. The molecule has 0 unspecified atom stereocenters. The zero-order valence-electron chi connectivity index (χ0n) is 7.05. The fourth-order valence-corrected chi connectivity index (χ4v) is 1.64. The molecule has 1 heterocycles. The Kier molecular flexibility index (Phi) is 2.25. The van der Waals surface area contributed by atoms with Crippen LogP contribution in [-0.4, -0.2) is 16.7 Å². The number of hydrogen-bond acceptors (Lipinski definition) is 1. The first kappa shape index (κ1) is 8.60. The molecule has 0 spiro atoms. The molecule has 0 fully saturated rings. The Morgan fingerprint density at radius 2 is 2.23 bits per heavy atom. The van der Waals surface area contributed by atoms with Crippen molar-refractivity contribution >= 4 is 22.5 Å². The van der Waals surface area contributed by atoms with Crippen LogP contribution in [0.2, 0.25) is 5.02 Å². The van der Waals surface area contributed by atoms with Gasteiger partial charge in [-0.1, -0.05) is 23.7 Å². The number of hydrogen-bond donors (Lipinski definition) is 2. The van der Waals surface area contributed by atoms with Crippen molar-refractivity contribution in [2.75, 3.05) is 6.61 Å². The van der Waals surface area contributed by atoms with E-state index < -0.39 is 0 Å². The van der Waals surface area contributed by atoms with Gasteiger partial charge in [-0.2, -0.15) is 0 Å². The lowest BCUT2D eigenvalue weighted by Crippen LogP contribution is -1.89. The highest BCUT2D eigenvalue weighted by atomic mass is 35.5. The maximum atomic E-state index is 8.76. The minimum Gasteiger partial charge on any atom is -0.396 e. The van der Waals surface area contributed by atoms with E-state index in [1.54, 1.807) is 6.20 Å². The van der Waals surface area contributed by atoms with Crippen LogP contribution in [-0.2, 0) is 6.42 Å². The Hall–Kier alpha value is -0.990. The first-order valence-electron chi connectivity index (χ1n) is 4.17. The molecule has 0 bridgehead atoms. The third-order valence-electron chi connectivity index (χ3n) is 2.10. The molecule has 1 aromatic carbocycles. The summed E-state index contributed by atoms with van der Waals surface area (Å²) in [5.74, 6) is 0. The number of aromatic amines is 1. The highest BCUT2D eigenvalue weighted by Crippen LogP contribution is 2.23. The fraction of sp³-hybridized carbons (Fsp3) is 0.200. The quantitative estimate of drug-likeness (QED) is 0.759. The normalized spacial score (nSPS) is 10.9. The predicted octanol–water partition coefficient (Wildman–Crippen LogP) is 2.36. The summed E-state index contributed by atoms with van der Waals surface area (Å²) in [5, 5.41) is 10.5. The molecule has 68 valence electrons. The van der Waals surface area contributed by atoms with Crippen LogP contribution in [0.1, 0.15) is 5.56 Å². The number of aromatic nitrogens is 1. The van der Waals surface area contributed by atoms with E-state index in [1.165, 1.54) is 0 Å². The fourth-order valence-electron chi connectivity index (χ4n) is 1.42. The summed E-state index contributed by atoms with van der Waals surface area (Å²) in [4.78, 5) is 3.07. The number of nitrogens with one attached hydrogen (secondary N) is 1. The molecule has 0 amide bonds. The number of H-pyrrole nitrogens is 1. The Bertz CT molecular complexity index is 422. The largest absolute Gasteiger partial charge is 0.396 e. The lowest BCUT2D eigenvalue weighted by atomic mass is 10.1. The van der Waals surface area contributed by atoms with Crippen molar-refractivity contribution in [1.82, 2.24) is 4.98 Å². The van der Waals surface area contributed by atoms with E-state index in [9.17, 15) is 0 Å². The first-order chi connectivity index (χ1) is 6.31. The smallest absolute Gasteiger partial charge is 0.0659 e. The average molecular weight is 196 g/mol. The molecule has 1 aromatic heterocycles. The summed E-state index contributed by atoms with van der Waals surface area (Å²) in [6.45, 7) is 0.181. The Morgan fingerprint density at radius 3 is 3.00 bits per heavy atom. The first-order valence-corrected chi connectivity index (χ1v) is 4.55. The molecule has 3 heteroatoms. The summed E-state index contributed by atoms with van der Waals surface area (Å²) in [6, 6.07) is 5.97. The van der Waals surface area contributed by atoms with E-state index in [4.69, 9.17) is 16.7 Å². The van der Waals surface area contributed by atoms with Gasteiger partial charge in [0.05, 0.1) is 5.02 Å². The van der Waals surface area contributed by atoms with Crippen molar-refractivity contribution in [2.24, 2.45) is 0 Å². The second-order valence-electron chi connectivity index (χ2n) is 2.99. The van der Waals surface area contributed by atoms with E-state index in [0.717, 1.165) is 21.5 Å². The Morgan fingerprint density at radius 1 is 1.38 bits per heavy atom. The van der Waals surface area contributed by atoms with Crippen LogP contribution in [0.25, 0.3) is 10.9 Å². The van der Waals surface area contributed by atoms with Gasteiger partial charge in [-0.05, 0) is 18.1 Å². The van der Waals surface area contributed by atoms with Gasteiger partial charge in [-0.25, -0.2) is 0 Å². The zero-order chi connectivity index (χ0) is 9.26. The van der Waals surface area contributed by atoms with Crippen LogP contribution in [0.5, 0.6) is 0 Å². The molecule has 0 saturated carbocycles. The van der Waals surface area contributed by atoms with E-state index in [2.05, 4.69) is 4.98 Å². The molecule has 0 aliphatic rings. The van der Waals surface area contributed by atoms with Gasteiger partial charge >= 0.3 is 0 Å². The second-order valence-corrected chi connectivity index (χ2v) is 3.40. The number of benzene rings is 1. The summed E-state index contributed by atoms with van der Waals surface area (Å²) < 4.78 is 0. The van der Waals surface area contributed by atoms with E-state index in [1.807, 2.05) is 18.2 Å². The molecule has 2 nitrogen and oxygen atoms in total. The summed E-state index contributed by atoms with van der Waals surface area (Å²) in [6.07, 6.45) is 2.46. The predicted molar refractivity (Wildman–Crippen MR) is 54.1 cm³/mol. The standard InChI is InChI=1S/C10H10ClNO/c11-9-6-12-10-5-7(3-4-13)1-2-8(9)10/h1-2,5-6,12-13H,3-4H2. The zero-order valence-corrected chi connectivity index (χ0v) is 7.80. The Labute approximate surface area is 81.1 Å². The summed E-state index contributed by atoms with van der Waals surface area (Å²) >= 11 is 5.92. The van der Waals surface area contributed by atoms with Crippen molar-refractivity contribution in [2.45, 2.75) is 6.42 Å². The van der Waals surface area contributed by atoms with Gasteiger partial charge in [-0.15, -0.1) is 0 Å². The highest BCUT2D eigenvalue weighted by molar-refractivity contribution is 6.35. The van der Waals surface area contributed by atoms with Gasteiger partial charge in [0.1, 0.15) is 0 Å². The SMILES string of the molecule is OCCc1ccc2c(Cl)c[nH]c2c1. The average Bonchev–Trinajstić information content (AvgIpc) is 2.48. The van der Waals surface area contributed by atoms with Crippen LogP contribution < -0.4 is 0 Å². The molecule has 0 atom stereocenters. The molecular weight excluding hydrogens is 186 g/mol. The van der Waals surface area contributed by atoms with E-state index >= 15 is 0 Å². The number of aliphatic hydroxyl groups excluding tert-OH is 1. The molecule has 2 N–H and O–H groups in total. The van der Waals surface area contributed by atoms with Gasteiger partial charge < -0.3 is 10.1 Å². The van der Waals surface area contributed by atoms with Gasteiger partial charge in [0.25, 0.3) is 0 Å². The second kappa shape index (κ2) is 3.40. The molecular formula is C10H10ClNO. The van der Waals surface area contributed by atoms with Crippen LogP contribution in [0, 0.1) is 0 Å². The number of rotatable bonds is 2. The lowest BCUT2D eigenvalue weighted by molar-refractivity contribution is 0.299. The van der Waals surface area contributed by atoms with E-state index in [-0.39, 0.29) is 6.61 Å². The number of halogens is 1. The van der Waals surface area contributed by atoms with Crippen LogP contribution in [0.4, 0.5) is 0 Å². The third kappa shape index (κ3) is 1.55. The molecule has 0 aliphatic heterocycles. The van der Waals surface area contributed by atoms with Crippen molar-refractivity contribution in [3.63, 3.8) is 0 Å². The van der Waals surface area contributed by atoms with Gasteiger partial charge in [0, 0.05) is 23.7 Å². The molecule has 2 rings (SSSR count). The molecule has 0 aliphatic carbocycles. The van der Waals surface area contributed by atoms with E-state index in [0.29, 0.717) is 6.42 Å². The van der Waals surface area contributed by atoms with Gasteiger partial charge in [-0.3, -0.25) is 0 Å². The summed E-state index contributed by atoms with van der Waals surface area (Å²) in [5.41, 5.74) is 2.14. The highest BCUT2D eigenvalue weighted by Gasteiger charge is 2.01. The maximum absolute atomic E-state index is 8.76.